The minimum Gasteiger partial charge on any atom is -0.487 e. The SMILES string of the molecule is Cc1c(Oc2cccc(OCc3ccc4ccccc4n3)c2)cccc1C(SCCC(=O)O)SC(C)C(=O)N(C)C. The summed E-state index contributed by atoms with van der Waals surface area (Å²) >= 11 is 3.05. The molecule has 2 atom stereocenters. The lowest BCUT2D eigenvalue weighted by atomic mass is 10.1. The van der Waals surface area contributed by atoms with Crippen LogP contribution in [0.4, 0.5) is 0 Å². The molecule has 0 saturated carbocycles. The summed E-state index contributed by atoms with van der Waals surface area (Å²) in [6.07, 6.45) is 0.0501. The standard InChI is InChI=1S/C32H34N2O5S2/c1-21-27(32(40-18-17-30(35)36)41-22(2)31(37)34(3)4)12-8-14-29(21)39-26-11-7-10-25(19-26)38-20-24-16-15-23-9-5-6-13-28(23)33-24/h5-16,19,22,32H,17-18,20H2,1-4H3,(H,35,36). The third-order valence-electron chi connectivity index (χ3n) is 6.36. The summed E-state index contributed by atoms with van der Waals surface area (Å²) in [5.74, 6) is 1.59. The van der Waals surface area contributed by atoms with Crippen LogP contribution in [0, 0.1) is 6.92 Å². The molecule has 0 aliphatic heterocycles. The van der Waals surface area contributed by atoms with Crippen LogP contribution in [0.2, 0.25) is 0 Å². The highest BCUT2D eigenvalue weighted by Gasteiger charge is 2.25. The zero-order valence-electron chi connectivity index (χ0n) is 23.6. The molecule has 214 valence electrons. The summed E-state index contributed by atoms with van der Waals surface area (Å²) < 4.78 is 12.2. The number of hydrogen-bond acceptors (Lipinski definition) is 7. The first-order valence-corrected chi connectivity index (χ1v) is 15.3. The molecule has 1 N–H and O–H groups in total. The first-order valence-electron chi connectivity index (χ1n) is 13.3. The van der Waals surface area contributed by atoms with Crippen LogP contribution in [0.15, 0.2) is 78.9 Å². The molecule has 9 heteroatoms. The van der Waals surface area contributed by atoms with Gasteiger partial charge in [0.1, 0.15) is 23.9 Å². The number of aliphatic carboxylic acids is 1. The molecule has 1 amide bonds. The van der Waals surface area contributed by atoms with Crippen LogP contribution in [0.5, 0.6) is 17.2 Å². The second kappa shape index (κ2) is 14.3. The van der Waals surface area contributed by atoms with Crippen molar-refractivity contribution >= 4 is 46.3 Å². The van der Waals surface area contributed by atoms with E-state index in [0.717, 1.165) is 27.7 Å². The number of aromatic nitrogens is 1. The Balaban J connectivity index is 1.49. The van der Waals surface area contributed by atoms with Crippen molar-refractivity contribution in [3.05, 3.63) is 95.7 Å². The molecule has 0 bridgehead atoms. The molecule has 1 heterocycles. The Morgan fingerprint density at radius 2 is 1.73 bits per heavy atom. The highest BCUT2D eigenvalue weighted by atomic mass is 32.2. The number of ether oxygens (including phenoxy) is 2. The van der Waals surface area contributed by atoms with Crippen molar-refractivity contribution in [1.29, 1.82) is 0 Å². The van der Waals surface area contributed by atoms with Crippen LogP contribution >= 0.6 is 23.5 Å². The fourth-order valence-electron chi connectivity index (χ4n) is 4.16. The summed E-state index contributed by atoms with van der Waals surface area (Å²) in [6, 6.07) is 25.3. The van der Waals surface area contributed by atoms with E-state index >= 15 is 0 Å². The first-order chi connectivity index (χ1) is 19.7. The number of carboxylic acids is 1. The second-order valence-electron chi connectivity index (χ2n) is 9.69. The zero-order valence-corrected chi connectivity index (χ0v) is 25.2. The second-order valence-corrected chi connectivity index (χ2v) is 12.7. The lowest BCUT2D eigenvalue weighted by molar-refractivity contribution is -0.136. The molecule has 4 aromatic rings. The maximum Gasteiger partial charge on any atom is 0.304 e. The fourth-order valence-corrected chi connectivity index (χ4v) is 7.30. The third-order valence-corrected chi connectivity index (χ3v) is 9.21. The van der Waals surface area contributed by atoms with Crippen LogP contribution < -0.4 is 9.47 Å². The molecule has 0 aliphatic rings. The number of carbonyl (C=O) groups is 2. The van der Waals surface area contributed by atoms with Gasteiger partial charge in [0.05, 0.1) is 27.5 Å². The molecular weight excluding hydrogens is 556 g/mol. The number of amides is 1. The molecule has 3 aromatic carbocycles. The Kier molecular flexibility index (Phi) is 10.5. The van der Waals surface area contributed by atoms with E-state index in [1.54, 1.807) is 19.0 Å². The largest absolute Gasteiger partial charge is 0.487 e. The van der Waals surface area contributed by atoms with Gasteiger partial charge in [-0.3, -0.25) is 9.59 Å². The Labute approximate surface area is 249 Å². The fraction of sp³-hybridized carbons (Fsp3) is 0.281. The van der Waals surface area contributed by atoms with E-state index in [2.05, 4.69) is 4.98 Å². The van der Waals surface area contributed by atoms with E-state index in [1.807, 2.05) is 92.7 Å². The normalized spacial score (nSPS) is 12.5. The van der Waals surface area contributed by atoms with Gasteiger partial charge in [0.25, 0.3) is 0 Å². The van der Waals surface area contributed by atoms with Gasteiger partial charge in [-0.05, 0) is 55.3 Å². The molecular formula is C32H34N2O5S2. The number of para-hydroxylation sites is 1. The van der Waals surface area contributed by atoms with Crippen molar-refractivity contribution in [3.63, 3.8) is 0 Å². The Morgan fingerprint density at radius 3 is 2.51 bits per heavy atom. The van der Waals surface area contributed by atoms with Gasteiger partial charge < -0.3 is 19.5 Å². The highest BCUT2D eigenvalue weighted by Crippen LogP contribution is 2.45. The van der Waals surface area contributed by atoms with E-state index in [4.69, 9.17) is 14.6 Å². The van der Waals surface area contributed by atoms with Crippen LogP contribution in [0.3, 0.4) is 0 Å². The van der Waals surface area contributed by atoms with Gasteiger partial charge in [-0.2, -0.15) is 0 Å². The van der Waals surface area contributed by atoms with Gasteiger partial charge in [0.15, 0.2) is 0 Å². The molecule has 0 spiro atoms. The predicted octanol–water partition coefficient (Wildman–Crippen LogP) is 7.33. The topological polar surface area (TPSA) is 89.0 Å². The smallest absolute Gasteiger partial charge is 0.304 e. The van der Waals surface area contributed by atoms with E-state index in [9.17, 15) is 9.59 Å². The van der Waals surface area contributed by atoms with Crippen molar-refractivity contribution < 1.29 is 24.2 Å². The van der Waals surface area contributed by atoms with Gasteiger partial charge in [0.2, 0.25) is 5.91 Å². The third kappa shape index (κ3) is 8.41. The average Bonchev–Trinajstić information content (AvgIpc) is 2.96. The summed E-state index contributed by atoms with van der Waals surface area (Å²) in [7, 11) is 3.48. The van der Waals surface area contributed by atoms with Gasteiger partial charge >= 0.3 is 5.97 Å². The number of fused-ring (bicyclic) bond motifs is 1. The minimum absolute atomic E-state index is 0.0135. The Hall–Kier alpha value is -3.69. The molecule has 1 aromatic heterocycles. The minimum atomic E-state index is -0.842. The molecule has 7 nitrogen and oxygen atoms in total. The number of nitrogens with zero attached hydrogens (tertiary/aromatic N) is 2. The van der Waals surface area contributed by atoms with Crippen molar-refractivity contribution in [3.8, 4) is 17.2 Å². The summed E-state index contributed by atoms with van der Waals surface area (Å²) in [5.41, 5.74) is 3.70. The Morgan fingerprint density at radius 1 is 0.976 bits per heavy atom. The van der Waals surface area contributed by atoms with Crippen molar-refractivity contribution in [2.45, 2.75) is 36.7 Å². The molecule has 0 fully saturated rings. The lowest BCUT2D eigenvalue weighted by Crippen LogP contribution is -2.30. The lowest BCUT2D eigenvalue weighted by Gasteiger charge is -2.24. The van der Waals surface area contributed by atoms with Crippen LogP contribution in [-0.2, 0) is 16.2 Å². The van der Waals surface area contributed by atoms with E-state index in [0.29, 0.717) is 29.6 Å². The number of benzene rings is 3. The van der Waals surface area contributed by atoms with Gasteiger partial charge in [-0.1, -0.05) is 42.5 Å². The van der Waals surface area contributed by atoms with E-state index < -0.39 is 5.97 Å². The van der Waals surface area contributed by atoms with Crippen LogP contribution in [0.1, 0.15) is 34.7 Å². The van der Waals surface area contributed by atoms with Crippen molar-refractivity contribution in [1.82, 2.24) is 9.88 Å². The molecule has 0 radical (unpaired) electrons. The maximum atomic E-state index is 12.6. The zero-order chi connectivity index (χ0) is 29.4. The number of rotatable bonds is 13. The van der Waals surface area contributed by atoms with Crippen molar-refractivity contribution in [2.24, 2.45) is 0 Å². The van der Waals surface area contributed by atoms with E-state index in [1.165, 1.54) is 23.5 Å². The van der Waals surface area contributed by atoms with Gasteiger partial charge in [-0.15, -0.1) is 23.5 Å². The number of thioether (sulfide) groups is 2. The van der Waals surface area contributed by atoms with Crippen LogP contribution in [0.25, 0.3) is 10.9 Å². The average molecular weight is 591 g/mol. The van der Waals surface area contributed by atoms with Gasteiger partial charge in [0, 0.05) is 31.3 Å². The number of carbonyl (C=O) groups excluding carboxylic acids is 1. The molecule has 4 rings (SSSR count). The summed E-state index contributed by atoms with van der Waals surface area (Å²) in [6.45, 7) is 4.20. The number of carboxylic acid groups (broad SMARTS) is 1. The number of hydrogen-bond donors (Lipinski definition) is 1. The molecule has 0 saturated heterocycles. The number of pyridine rings is 1. The Bertz CT molecular complexity index is 1510. The van der Waals surface area contributed by atoms with Gasteiger partial charge in [-0.25, -0.2) is 4.98 Å². The predicted molar refractivity (Wildman–Crippen MR) is 167 cm³/mol. The van der Waals surface area contributed by atoms with Crippen molar-refractivity contribution in [2.75, 3.05) is 19.8 Å². The highest BCUT2D eigenvalue weighted by molar-refractivity contribution is 8.16. The molecule has 2 unspecified atom stereocenters. The van der Waals surface area contributed by atoms with E-state index in [-0.39, 0.29) is 22.2 Å². The monoisotopic (exact) mass is 590 g/mol. The molecule has 0 aliphatic carbocycles. The quantitative estimate of drug-likeness (QED) is 0.162. The maximum absolute atomic E-state index is 12.6. The molecule has 41 heavy (non-hydrogen) atoms. The first kappa shape index (κ1) is 30.3. The summed E-state index contributed by atoms with van der Waals surface area (Å²) in [4.78, 5) is 30.0. The van der Waals surface area contributed by atoms with Crippen LogP contribution in [-0.4, -0.2) is 52.0 Å². The summed E-state index contributed by atoms with van der Waals surface area (Å²) in [5, 5.41) is 9.95.